The van der Waals surface area contributed by atoms with Crippen LogP contribution in [0.4, 0.5) is 0 Å². The third-order valence-corrected chi connectivity index (χ3v) is 5.28. The first-order valence-electron chi connectivity index (χ1n) is 7.53. The molecule has 0 radical (unpaired) electrons. The van der Waals surface area contributed by atoms with Crippen LogP contribution in [-0.2, 0) is 9.59 Å². The highest BCUT2D eigenvalue weighted by Crippen LogP contribution is 2.52. The number of hydrogen-bond acceptors (Lipinski definition) is 4. The normalized spacial score (nSPS) is 38.0. The molecule has 3 rings (SSSR count). The Hall–Kier alpha value is -1.14. The maximum Gasteiger partial charge on any atom is 0.307 e. The highest BCUT2D eigenvalue weighted by Gasteiger charge is 2.54. The lowest BCUT2D eigenvalue weighted by Gasteiger charge is -2.35. The van der Waals surface area contributed by atoms with Crippen molar-refractivity contribution in [2.24, 2.45) is 23.7 Å². The van der Waals surface area contributed by atoms with Crippen LogP contribution < -0.4 is 5.43 Å². The highest BCUT2D eigenvalue weighted by atomic mass is 16.4. The molecule has 2 bridgehead atoms. The van der Waals surface area contributed by atoms with E-state index in [2.05, 4.69) is 17.4 Å². The van der Waals surface area contributed by atoms with E-state index in [1.165, 1.54) is 0 Å². The number of aliphatic carboxylic acids is 1. The summed E-state index contributed by atoms with van der Waals surface area (Å²) in [7, 11) is 2.07. The number of carboxylic acid groups (broad SMARTS) is 1. The number of piperazine rings is 1. The van der Waals surface area contributed by atoms with Crippen molar-refractivity contribution < 1.29 is 14.7 Å². The molecule has 1 saturated heterocycles. The summed E-state index contributed by atoms with van der Waals surface area (Å²) in [5.74, 6) is -1.19. The van der Waals surface area contributed by atoms with Gasteiger partial charge in [0.2, 0.25) is 5.91 Å². The van der Waals surface area contributed by atoms with Gasteiger partial charge in [-0.05, 0) is 38.1 Å². The number of nitrogens with one attached hydrogen (secondary N) is 1. The van der Waals surface area contributed by atoms with Crippen LogP contribution in [0.15, 0.2) is 0 Å². The van der Waals surface area contributed by atoms with E-state index in [-0.39, 0.29) is 23.7 Å². The highest BCUT2D eigenvalue weighted by molar-refractivity contribution is 5.85. The molecule has 0 aromatic heterocycles. The minimum absolute atomic E-state index is 0.0749. The molecule has 1 aliphatic heterocycles. The first-order valence-corrected chi connectivity index (χ1v) is 7.53. The van der Waals surface area contributed by atoms with E-state index in [4.69, 9.17) is 0 Å². The summed E-state index contributed by atoms with van der Waals surface area (Å²) < 4.78 is 0. The second-order valence-electron chi connectivity index (χ2n) is 6.49. The zero-order valence-corrected chi connectivity index (χ0v) is 11.9. The fourth-order valence-electron chi connectivity index (χ4n) is 4.17. The smallest absolute Gasteiger partial charge is 0.307 e. The molecule has 1 heterocycles. The number of rotatable bonds is 3. The first-order chi connectivity index (χ1) is 9.56. The molecule has 0 unspecified atom stereocenters. The topological polar surface area (TPSA) is 72.9 Å². The van der Waals surface area contributed by atoms with E-state index < -0.39 is 11.9 Å². The molecule has 3 fully saturated rings. The van der Waals surface area contributed by atoms with E-state index in [1.807, 2.05) is 5.01 Å². The molecule has 0 spiro atoms. The lowest BCUT2D eigenvalue weighted by atomic mass is 9.79. The van der Waals surface area contributed by atoms with Gasteiger partial charge in [0.25, 0.3) is 0 Å². The molecule has 2 aliphatic carbocycles. The summed E-state index contributed by atoms with van der Waals surface area (Å²) in [5.41, 5.74) is 2.96. The van der Waals surface area contributed by atoms with Gasteiger partial charge in [-0.15, -0.1) is 0 Å². The fraction of sp³-hybridized carbons (Fsp3) is 0.857. The Labute approximate surface area is 119 Å². The zero-order valence-electron chi connectivity index (χ0n) is 11.9. The minimum Gasteiger partial charge on any atom is -0.481 e. The second-order valence-corrected chi connectivity index (χ2v) is 6.49. The van der Waals surface area contributed by atoms with Crippen molar-refractivity contribution in [3.63, 3.8) is 0 Å². The Balaban J connectivity index is 1.63. The molecule has 2 saturated carbocycles. The van der Waals surface area contributed by atoms with Crippen LogP contribution in [0.1, 0.15) is 19.3 Å². The summed E-state index contributed by atoms with van der Waals surface area (Å²) in [4.78, 5) is 26.1. The van der Waals surface area contributed by atoms with Gasteiger partial charge in [-0.3, -0.25) is 15.0 Å². The van der Waals surface area contributed by atoms with Gasteiger partial charge < -0.3 is 10.0 Å². The number of nitrogens with zero attached hydrogens (tertiary/aromatic N) is 2. The number of likely N-dealkylation sites (N-methyl/N-ethyl adjacent to an activating group) is 1. The SMILES string of the molecule is CN1CCN(NC(=O)[C@H]2[C@@H]3CC[C@@H](C3)[C@@H]2C(=O)O)CC1. The Morgan fingerprint density at radius 3 is 2.25 bits per heavy atom. The van der Waals surface area contributed by atoms with Gasteiger partial charge in [0.05, 0.1) is 11.8 Å². The summed E-state index contributed by atoms with van der Waals surface area (Å²) in [5, 5.41) is 11.3. The van der Waals surface area contributed by atoms with Crippen molar-refractivity contribution in [2.75, 3.05) is 33.2 Å². The molecule has 2 N–H and O–H groups in total. The lowest BCUT2D eigenvalue weighted by Crippen LogP contribution is -2.55. The predicted octanol–water partition coefficient (Wildman–Crippen LogP) is 0.0119. The third-order valence-electron chi connectivity index (χ3n) is 5.28. The fourth-order valence-corrected chi connectivity index (χ4v) is 4.17. The maximum atomic E-state index is 12.5. The van der Waals surface area contributed by atoms with Gasteiger partial charge in [0.1, 0.15) is 0 Å². The number of carbonyl (C=O) groups is 2. The van der Waals surface area contributed by atoms with E-state index in [9.17, 15) is 14.7 Å². The zero-order chi connectivity index (χ0) is 14.3. The number of amides is 1. The molecule has 0 aromatic rings. The average molecular weight is 281 g/mol. The third kappa shape index (κ3) is 2.42. The van der Waals surface area contributed by atoms with E-state index >= 15 is 0 Å². The maximum absolute atomic E-state index is 12.5. The van der Waals surface area contributed by atoms with Gasteiger partial charge in [-0.2, -0.15) is 0 Å². The molecular weight excluding hydrogens is 258 g/mol. The van der Waals surface area contributed by atoms with Crippen LogP contribution >= 0.6 is 0 Å². The minimum atomic E-state index is -0.796. The molecule has 6 nitrogen and oxygen atoms in total. The quantitative estimate of drug-likeness (QED) is 0.762. The van der Waals surface area contributed by atoms with Crippen molar-refractivity contribution in [3.05, 3.63) is 0 Å². The van der Waals surface area contributed by atoms with Gasteiger partial charge in [0.15, 0.2) is 0 Å². The van der Waals surface area contributed by atoms with Crippen LogP contribution in [0.5, 0.6) is 0 Å². The van der Waals surface area contributed by atoms with Gasteiger partial charge in [-0.1, -0.05) is 0 Å². The molecule has 1 amide bonds. The van der Waals surface area contributed by atoms with Crippen molar-refractivity contribution in [2.45, 2.75) is 19.3 Å². The number of hydrogen-bond donors (Lipinski definition) is 2. The van der Waals surface area contributed by atoms with Gasteiger partial charge >= 0.3 is 5.97 Å². The average Bonchev–Trinajstić information content (AvgIpc) is 3.01. The summed E-state index contributed by atoms with van der Waals surface area (Å²) in [6, 6.07) is 0. The number of fused-ring (bicyclic) bond motifs is 2. The standard InChI is InChI=1S/C14H23N3O3/c1-16-4-6-17(7-5-16)15-13(18)11-9-2-3-10(8-9)12(11)14(19)20/h9-12H,2-8H2,1H3,(H,15,18)(H,19,20)/t9-,10+,11+,12+/m1/s1. The van der Waals surface area contributed by atoms with E-state index in [0.717, 1.165) is 45.4 Å². The predicted molar refractivity (Wildman–Crippen MR) is 72.7 cm³/mol. The van der Waals surface area contributed by atoms with Crippen LogP contribution in [-0.4, -0.2) is 60.1 Å². The molecule has 4 atom stereocenters. The Morgan fingerprint density at radius 1 is 1.05 bits per heavy atom. The van der Waals surface area contributed by atoms with E-state index in [0.29, 0.717) is 0 Å². The van der Waals surface area contributed by atoms with Crippen molar-refractivity contribution >= 4 is 11.9 Å². The molecule has 20 heavy (non-hydrogen) atoms. The molecule has 6 heteroatoms. The Morgan fingerprint density at radius 2 is 1.65 bits per heavy atom. The summed E-state index contributed by atoms with van der Waals surface area (Å²) >= 11 is 0. The first kappa shape index (κ1) is 13.8. The number of hydrazine groups is 1. The lowest BCUT2D eigenvalue weighted by molar-refractivity contribution is -0.151. The molecule has 112 valence electrons. The van der Waals surface area contributed by atoms with Crippen molar-refractivity contribution in [1.82, 2.24) is 15.3 Å². The molecular formula is C14H23N3O3. The van der Waals surface area contributed by atoms with Gasteiger partial charge in [-0.25, -0.2) is 5.01 Å². The number of carbonyl (C=O) groups excluding carboxylic acids is 1. The van der Waals surface area contributed by atoms with Crippen molar-refractivity contribution in [1.29, 1.82) is 0 Å². The monoisotopic (exact) mass is 281 g/mol. The molecule has 0 aromatic carbocycles. The largest absolute Gasteiger partial charge is 0.481 e. The summed E-state index contributed by atoms with van der Waals surface area (Å²) in [6.45, 7) is 3.47. The van der Waals surface area contributed by atoms with Crippen LogP contribution in [0.25, 0.3) is 0 Å². The summed E-state index contributed by atoms with van der Waals surface area (Å²) in [6.07, 6.45) is 2.90. The van der Waals surface area contributed by atoms with Crippen LogP contribution in [0.2, 0.25) is 0 Å². The van der Waals surface area contributed by atoms with Crippen LogP contribution in [0, 0.1) is 23.7 Å². The van der Waals surface area contributed by atoms with Crippen molar-refractivity contribution in [3.8, 4) is 0 Å². The van der Waals surface area contributed by atoms with Gasteiger partial charge in [0, 0.05) is 26.2 Å². The van der Waals surface area contributed by atoms with Crippen LogP contribution in [0.3, 0.4) is 0 Å². The Kier molecular flexibility index (Phi) is 3.69. The van der Waals surface area contributed by atoms with E-state index in [1.54, 1.807) is 0 Å². The number of carboxylic acids is 1. The molecule has 3 aliphatic rings. The second kappa shape index (κ2) is 5.33. The Bertz CT molecular complexity index is 406.